The topological polar surface area (TPSA) is 87.7 Å². The van der Waals surface area contributed by atoms with Crippen LogP contribution in [-0.4, -0.2) is 53.0 Å². The molecule has 0 radical (unpaired) electrons. The lowest BCUT2D eigenvalue weighted by molar-refractivity contribution is 0.0723. The second kappa shape index (κ2) is 10.5. The van der Waals surface area contributed by atoms with Crippen molar-refractivity contribution in [2.45, 2.75) is 38.6 Å². The van der Waals surface area contributed by atoms with Crippen molar-refractivity contribution in [1.82, 2.24) is 15.1 Å². The number of nitrogens with one attached hydrogen (secondary N) is 1. The first-order valence-electron chi connectivity index (χ1n) is 11.5. The summed E-state index contributed by atoms with van der Waals surface area (Å²) in [6.07, 6.45) is 4.00. The summed E-state index contributed by atoms with van der Waals surface area (Å²) in [7, 11) is 1.66. The number of hydrogen-bond donors (Lipinski definition) is 2. The fourth-order valence-electron chi connectivity index (χ4n) is 4.35. The molecule has 0 fully saturated rings. The molecule has 2 N–H and O–H groups in total. The van der Waals surface area contributed by atoms with Crippen LogP contribution in [0.1, 0.15) is 60.3 Å². The van der Waals surface area contributed by atoms with Crippen LogP contribution >= 0.6 is 0 Å². The van der Waals surface area contributed by atoms with Gasteiger partial charge in [0.05, 0.1) is 12.6 Å². The number of ether oxygens (including phenoxy) is 2. The van der Waals surface area contributed by atoms with E-state index in [9.17, 15) is 9.90 Å². The van der Waals surface area contributed by atoms with Crippen molar-refractivity contribution in [3.8, 4) is 22.8 Å². The molecule has 1 atom stereocenters. The zero-order valence-electron chi connectivity index (χ0n) is 19.2. The highest BCUT2D eigenvalue weighted by atomic mass is 16.5. The summed E-state index contributed by atoms with van der Waals surface area (Å²) in [5.74, 6) is 0.812. The summed E-state index contributed by atoms with van der Waals surface area (Å²) >= 11 is 0. The van der Waals surface area contributed by atoms with Crippen LogP contribution in [0.25, 0.3) is 11.3 Å². The Balaban J connectivity index is 1.73. The van der Waals surface area contributed by atoms with Crippen LogP contribution in [0.15, 0.2) is 48.5 Å². The predicted molar refractivity (Wildman–Crippen MR) is 127 cm³/mol. The van der Waals surface area contributed by atoms with Gasteiger partial charge in [0, 0.05) is 31.4 Å². The molecule has 0 saturated heterocycles. The zero-order chi connectivity index (χ0) is 23.2. The third-order valence-electron chi connectivity index (χ3n) is 5.96. The van der Waals surface area contributed by atoms with Crippen LogP contribution in [0.5, 0.6) is 11.5 Å². The number of amides is 1. The number of aromatic nitrogens is 2. The minimum atomic E-state index is -0.336. The second-order valence-corrected chi connectivity index (χ2v) is 8.25. The van der Waals surface area contributed by atoms with E-state index in [0.717, 1.165) is 42.6 Å². The number of phenolic OH excluding ortho intramolecular Hbond substituents is 1. The Kier molecular flexibility index (Phi) is 7.29. The van der Waals surface area contributed by atoms with E-state index in [4.69, 9.17) is 9.47 Å². The van der Waals surface area contributed by atoms with E-state index in [1.54, 1.807) is 19.2 Å². The van der Waals surface area contributed by atoms with E-state index >= 15 is 0 Å². The van der Waals surface area contributed by atoms with Crippen molar-refractivity contribution in [3.05, 3.63) is 65.4 Å². The van der Waals surface area contributed by atoms with Crippen molar-refractivity contribution < 1.29 is 19.4 Å². The average molecular weight is 450 g/mol. The second-order valence-electron chi connectivity index (χ2n) is 8.25. The minimum Gasteiger partial charge on any atom is -0.507 e. The molecule has 1 aliphatic rings. The maximum Gasteiger partial charge on any atom is 0.273 e. The van der Waals surface area contributed by atoms with Gasteiger partial charge < -0.3 is 19.5 Å². The standard InChI is InChI=1S/C26H31N3O4/c1-3-4-7-16-33-19-11-8-10-18(17-19)25-22-23(20-12-5-6-13-21(20)30)27-28-24(22)26(31)29(25)14-9-15-32-2/h5-6,8,10-13,17,25,30H,3-4,7,9,14-16H2,1-2H3,(H,27,28)/t25-/m0/s1. The lowest BCUT2D eigenvalue weighted by Crippen LogP contribution is -2.31. The molecule has 2 aromatic carbocycles. The van der Waals surface area contributed by atoms with Crippen LogP contribution in [-0.2, 0) is 4.74 Å². The monoisotopic (exact) mass is 449 g/mol. The number of nitrogens with zero attached hydrogens (tertiary/aromatic N) is 2. The Labute approximate surface area is 194 Å². The molecule has 33 heavy (non-hydrogen) atoms. The Hall–Kier alpha value is -3.32. The molecular formula is C26H31N3O4. The van der Waals surface area contributed by atoms with E-state index in [1.165, 1.54) is 0 Å². The maximum atomic E-state index is 13.4. The number of phenols is 1. The summed E-state index contributed by atoms with van der Waals surface area (Å²) < 4.78 is 11.2. The smallest absolute Gasteiger partial charge is 0.273 e. The zero-order valence-corrected chi connectivity index (χ0v) is 19.2. The molecule has 0 saturated carbocycles. The Morgan fingerprint density at radius 3 is 2.73 bits per heavy atom. The average Bonchev–Trinajstić information content (AvgIpc) is 3.36. The predicted octanol–water partition coefficient (Wildman–Crippen LogP) is 4.93. The Morgan fingerprint density at radius 2 is 1.94 bits per heavy atom. The highest BCUT2D eigenvalue weighted by molar-refractivity contribution is 6.00. The number of H-pyrrole nitrogens is 1. The first-order chi connectivity index (χ1) is 16.2. The lowest BCUT2D eigenvalue weighted by Gasteiger charge is -2.26. The molecular weight excluding hydrogens is 418 g/mol. The summed E-state index contributed by atoms with van der Waals surface area (Å²) in [6.45, 7) is 3.94. The number of unbranched alkanes of at least 4 members (excludes halogenated alkanes) is 2. The summed E-state index contributed by atoms with van der Waals surface area (Å²) in [5, 5.41) is 17.8. The highest BCUT2D eigenvalue weighted by Gasteiger charge is 2.42. The summed E-state index contributed by atoms with van der Waals surface area (Å²) in [4.78, 5) is 15.2. The van der Waals surface area contributed by atoms with Crippen LogP contribution in [0.3, 0.4) is 0 Å². The SMILES string of the molecule is CCCCCOc1cccc([C@H]2c3c(-c4ccccc4O)n[nH]c3C(=O)N2CCCOC)c1. The molecule has 0 spiro atoms. The van der Waals surface area contributed by atoms with Gasteiger partial charge in [-0.05, 0) is 42.7 Å². The number of carbonyl (C=O) groups excluding carboxylic acids is 1. The van der Waals surface area contributed by atoms with Gasteiger partial charge in [0.25, 0.3) is 5.91 Å². The number of fused-ring (bicyclic) bond motifs is 1. The number of carbonyl (C=O) groups is 1. The maximum absolute atomic E-state index is 13.4. The molecule has 174 valence electrons. The highest BCUT2D eigenvalue weighted by Crippen LogP contribution is 2.44. The van der Waals surface area contributed by atoms with Crippen molar-refractivity contribution in [3.63, 3.8) is 0 Å². The molecule has 7 heteroatoms. The van der Waals surface area contributed by atoms with Crippen molar-refractivity contribution >= 4 is 5.91 Å². The van der Waals surface area contributed by atoms with Gasteiger partial charge in [-0.25, -0.2) is 0 Å². The molecule has 4 rings (SSSR count). The summed E-state index contributed by atoms with van der Waals surface area (Å²) in [6, 6.07) is 14.6. The molecule has 0 unspecified atom stereocenters. The lowest BCUT2D eigenvalue weighted by atomic mass is 9.95. The van der Waals surface area contributed by atoms with Crippen molar-refractivity contribution in [2.24, 2.45) is 0 Å². The van der Waals surface area contributed by atoms with E-state index in [-0.39, 0.29) is 17.7 Å². The molecule has 7 nitrogen and oxygen atoms in total. The van der Waals surface area contributed by atoms with Crippen molar-refractivity contribution in [1.29, 1.82) is 0 Å². The molecule has 3 aromatic rings. The van der Waals surface area contributed by atoms with Crippen LogP contribution < -0.4 is 4.74 Å². The van der Waals surface area contributed by atoms with Gasteiger partial charge in [0.15, 0.2) is 0 Å². The number of aromatic hydroxyl groups is 1. The molecule has 0 bridgehead atoms. The van der Waals surface area contributed by atoms with Gasteiger partial charge in [-0.3, -0.25) is 9.89 Å². The van der Waals surface area contributed by atoms with Crippen LogP contribution in [0.2, 0.25) is 0 Å². The Bertz CT molecular complexity index is 1090. The number of para-hydroxylation sites is 1. The fraction of sp³-hybridized carbons (Fsp3) is 0.385. The van der Waals surface area contributed by atoms with E-state index in [2.05, 4.69) is 17.1 Å². The third-order valence-corrected chi connectivity index (χ3v) is 5.96. The molecule has 1 aliphatic heterocycles. The van der Waals surface area contributed by atoms with Gasteiger partial charge in [0.1, 0.15) is 22.9 Å². The number of benzene rings is 2. The first-order valence-corrected chi connectivity index (χ1v) is 11.5. The van der Waals surface area contributed by atoms with Crippen LogP contribution in [0.4, 0.5) is 0 Å². The van der Waals surface area contributed by atoms with Gasteiger partial charge in [-0.15, -0.1) is 0 Å². The Morgan fingerprint density at radius 1 is 1.09 bits per heavy atom. The quantitative estimate of drug-likeness (QED) is 0.405. The largest absolute Gasteiger partial charge is 0.507 e. The minimum absolute atomic E-state index is 0.102. The first kappa shape index (κ1) is 22.9. The van der Waals surface area contributed by atoms with Gasteiger partial charge in [-0.2, -0.15) is 5.10 Å². The molecule has 0 aliphatic carbocycles. The van der Waals surface area contributed by atoms with Gasteiger partial charge >= 0.3 is 0 Å². The normalized spacial score (nSPS) is 15.2. The fourth-order valence-corrected chi connectivity index (χ4v) is 4.35. The van der Waals surface area contributed by atoms with Crippen molar-refractivity contribution in [2.75, 3.05) is 26.9 Å². The van der Waals surface area contributed by atoms with E-state index in [1.807, 2.05) is 41.3 Å². The number of aromatic amines is 1. The molecule has 1 aromatic heterocycles. The van der Waals surface area contributed by atoms with E-state index in [0.29, 0.717) is 36.7 Å². The number of hydrogen-bond acceptors (Lipinski definition) is 5. The van der Waals surface area contributed by atoms with E-state index < -0.39 is 0 Å². The third kappa shape index (κ3) is 4.73. The van der Waals surface area contributed by atoms with Gasteiger partial charge in [-0.1, -0.05) is 44.0 Å². The summed E-state index contributed by atoms with van der Waals surface area (Å²) in [5.41, 5.74) is 3.38. The number of methoxy groups -OCH3 is 1. The molecule has 1 amide bonds. The van der Waals surface area contributed by atoms with Crippen LogP contribution in [0, 0.1) is 0 Å². The van der Waals surface area contributed by atoms with Gasteiger partial charge in [0.2, 0.25) is 0 Å². The number of rotatable bonds is 11. The molecule has 2 heterocycles.